The van der Waals surface area contributed by atoms with Gasteiger partial charge in [-0.25, -0.2) is 4.79 Å². The lowest BCUT2D eigenvalue weighted by atomic mass is 10.1. The molecule has 6 heteroatoms. The van der Waals surface area contributed by atoms with Gasteiger partial charge in [0.1, 0.15) is 5.60 Å². The van der Waals surface area contributed by atoms with E-state index in [2.05, 4.69) is 5.32 Å². The summed E-state index contributed by atoms with van der Waals surface area (Å²) in [5, 5.41) is 2.78. The van der Waals surface area contributed by atoms with Crippen molar-refractivity contribution in [3.63, 3.8) is 0 Å². The van der Waals surface area contributed by atoms with Crippen LogP contribution in [0, 0.1) is 0 Å². The number of ether oxygens (including phenoxy) is 3. The maximum Gasteiger partial charge on any atom is 0.412 e. The van der Waals surface area contributed by atoms with E-state index >= 15 is 0 Å². The van der Waals surface area contributed by atoms with Gasteiger partial charge in [0.25, 0.3) is 0 Å². The van der Waals surface area contributed by atoms with Crippen LogP contribution >= 0.6 is 0 Å². The Kier molecular flexibility index (Phi) is 4.51. The molecule has 1 aliphatic rings. The van der Waals surface area contributed by atoms with Crippen LogP contribution in [0.5, 0.6) is 11.5 Å². The number of amides is 1. The maximum atomic E-state index is 12.0. The monoisotopic (exact) mass is 308 g/mol. The summed E-state index contributed by atoms with van der Waals surface area (Å²) in [5.41, 5.74) is 6.97. The maximum absolute atomic E-state index is 12.0. The van der Waals surface area contributed by atoms with Gasteiger partial charge in [-0.2, -0.15) is 0 Å². The average molecular weight is 308 g/mol. The topological polar surface area (TPSA) is 82.8 Å². The van der Waals surface area contributed by atoms with E-state index in [-0.39, 0.29) is 12.0 Å². The number of hydrogen-bond donors (Lipinski definition) is 2. The summed E-state index contributed by atoms with van der Waals surface area (Å²) in [5.74, 6) is 1.38. The van der Waals surface area contributed by atoms with Crippen LogP contribution in [0.2, 0.25) is 0 Å². The number of nitrogens with one attached hydrogen (secondary N) is 1. The van der Waals surface area contributed by atoms with Gasteiger partial charge < -0.3 is 19.9 Å². The van der Waals surface area contributed by atoms with Gasteiger partial charge in [0.2, 0.25) is 0 Å². The number of nitrogens with two attached hydrogens (primary N) is 1. The molecule has 0 bridgehead atoms. The zero-order chi connectivity index (χ0) is 16.5. The number of carbonyl (C=O) groups is 1. The van der Waals surface area contributed by atoms with Crippen molar-refractivity contribution in [1.29, 1.82) is 0 Å². The second-order valence-electron chi connectivity index (χ2n) is 6.43. The Morgan fingerprint density at radius 3 is 2.23 bits per heavy atom. The molecule has 1 saturated carbocycles. The van der Waals surface area contributed by atoms with Gasteiger partial charge in [0.15, 0.2) is 11.5 Å². The zero-order valence-electron chi connectivity index (χ0n) is 13.7. The van der Waals surface area contributed by atoms with E-state index < -0.39 is 11.7 Å². The Bertz CT molecular complexity index is 566. The van der Waals surface area contributed by atoms with Crippen molar-refractivity contribution in [1.82, 2.24) is 0 Å². The molecule has 0 heterocycles. The Hall–Kier alpha value is -1.95. The van der Waals surface area contributed by atoms with Crippen LogP contribution in [0.25, 0.3) is 0 Å². The third kappa shape index (κ3) is 3.82. The molecule has 1 fully saturated rings. The standard InChI is InChI=1S/C16H24N2O4/c1-16(2,3)22-15(19)18-12-8-14(21-5)13(20-4)7-10(12)9-6-11(9)17/h7-9,11H,6,17H2,1-5H3,(H,18,19)/t9-,11+/m0/s1. The minimum atomic E-state index is -0.559. The first-order valence-corrected chi connectivity index (χ1v) is 7.26. The van der Waals surface area contributed by atoms with Crippen LogP contribution in [-0.4, -0.2) is 32.0 Å². The van der Waals surface area contributed by atoms with E-state index in [4.69, 9.17) is 19.9 Å². The smallest absolute Gasteiger partial charge is 0.412 e. The minimum Gasteiger partial charge on any atom is -0.493 e. The lowest BCUT2D eigenvalue weighted by Crippen LogP contribution is -2.27. The van der Waals surface area contributed by atoms with Crippen LogP contribution in [0.3, 0.4) is 0 Å². The van der Waals surface area contributed by atoms with Crippen LogP contribution in [-0.2, 0) is 4.74 Å². The molecule has 0 saturated heterocycles. The van der Waals surface area contributed by atoms with Gasteiger partial charge in [-0.05, 0) is 38.8 Å². The molecular formula is C16H24N2O4. The fourth-order valence-corrected chi connectivity index (χ4v) is 2.30. The second-order valence-corrected chi connectivity index (χ2v) is 6.43. The molecule has 22 heavy (non-hydrogen) atoms. The molecule has 0 aliphatic heterocycles. The fraction of sp³-hybridized carbons (Fsp3) is 0.562. The highest BCUT2D eigenvalue weighted by molar-refractivity contribution is 5.87. The summed E-state index contributed by atoms with van der Waals surface area (Å²) < 4.78 is 15.9. The molecule has 122 valence electrons. The molecule has 1 aromatic rings. The van der Waals surface area contributed by atoms with Crippen LogP contribution in [0.15, 0.2) is 12.1 Å². The van der Waals surface area contributed by atoms with Crippen molar-refractivity contribution >= 4 is 11.8 Å². The number of rotatable bonds is 4. The van der Waals surface area contributed by atoms with Gasteiger partial charge in [-0.15, -0.1) is 0 Å². The summed E-state index contributed by atoms with van der Waals surface area (Å²) in [6.07, 6.45) is 0.383. The van der Waals surface area contributed by atoms with E-state index in [9.17, 15) is 4.79 Å². The number of hydrogen-bond acceptors (Lipinski definition) is 5. The van der Waals surface area contributed by atoms with Crippen molar-refractivity contribution in [2.45, 2.75) is 44.8 Å². The van der Waals surface area contributed by atoms with Crippen molar-refractivity contribution in [3.8, 4) is 11.5 Å². The summed E-state index contributed by atoms with van der Waals surface area (Å²) in [4.78, 5) is 12.0. The number of carbonyl (C=O) groups excluding carboxylic acids is 1. The molecule has 1 amide bonds. The Morgan fingerprint density at radius 2 is 1.77 bits per heavy atom. The summed E-state index contributed by atoms with van der Waals surface area (Å²) in [7, 11) is 3.13. The zero-order valence-corrected chi connectivity index (χ0v) is 13.7. The molecule has 0 aromatic heterocycles. The molecule has 1 aliphatic carbocycles. The van der Waals surface area contributed by atoms with E-state index in [0.29, 0.717) is 17.2 Å². The first kappa shape index (κ1) is 16.4. The van der Waals surface area contributed by atoms with Crippen molar-refractivity contribution in [2.24, 2.45) is 5.73 Å². The molecule has 0 unspecified atom stereocenters. The molecule has 2 rings (SSSR count). The molecule has 6 nitrogen and oxygen atoms in total. The Labute approximate surface area is 130 Å². The van der Waals surface area contributed by atoms with Crippen molar-refractivity contribution in [3.05, 3.63) is 17.7 Å². The summed E-state index contributed by atoms with van der Waals surface area (Å²) in [6, 6.07) is 3.71. The van der Waals surface area contributed by atoms with Crippen molar-refractivity contribution in [2.75, 3.05) is 19.5 Å². The van der Waals surface area contributed by atoms with Gasteiger partial charge in [0, 0.05) is 18.0 Å². The van der Waals surface area contributed by atoms with E-state index in [0.717, 1.165) is 12.0 Å². The van der Waals surface area contributed by atoms with Gasteiger partial charge in [0.05, 0.1) is 19.9 Å². The predicted molar refractivity (Wildman–Crippen MR) is 84.7 cm³/mol. The lowest BCUT2D eigenvalue weighted by molar-refractivity contribution is 0.0635. The average Bonchev–Trinajstić information content (AvgIpc) is 3.12. The highest BCUT2D eigenvalue weighted by Gasteiger charge is 2.37. The quantitative estimate of drug-likeness (QED) is 0.893. The minimum absolute atomic E-state index is 0.109. The summed E-state index contributed by atoms with van der Waals surface area (Å²) in [6.45, 7) is 5.46. The molecule has 0 spiro atoms. The predicted octanol–water partition coefficient (Wildman–Crippen LogP) is 2.87. The van der Waals surface area contributed by atoms with Gasteiger partial charge in [-0.1, -0.05) is 0 Å². The SMILES string of the molecule is COc1cc(NC(=O)OC(C)(C)C)c([C@@H]2C[C@H]2N)cc1OC. The third-order valence-corrected chi connectivity index (χ3v) is 3.43. The highest BCUT2D eigenvalue weighted by Crippen LogP contribution is 2.46. The van der Waals surface area contributed by atoms with Crippen LogP contribution in [0.4, 0.5) is 10.5 Å². The fourth-order valence-electron chi connectivity index (χ4n) is 2.30. The second kappa shape index (κ2) is 6.04. The third-order valence-electron chi connectivity index (χ3n) is 3.43. The molecule has 3 N–H and O–H groups in total. The Balaban J connectivity index is 2.30. The first-order chi connectivity index (χ1) is 10.2. The molecule has 2 atom stereocenters. The van der Waals surface area contributed by atoms with E-state index in [1.807, 2.05) is 26.8 Å². The largest absolute Gasteiger partial charge is 0.493 e. The van der Waals surface area contributed by atoms with E-state index in [1.54, 1.807) is 20.3 Å². The van der Waals surface area contributed by atoms with Crippen LogP contribution < -0.4 is 20.5 Å². The molecule has 1 aromatic carbocycles. The number of benzene rings is 1. The summed E-state index contributed by atoms with van der Waals surface area (Å²) >= 11 is 0. The number of anilines is 1. The molecule has 0 radical (unpaired) electrons. The van der Waals surface area contributed by atoms with Crippen molar-refractivity contribution < 1.29 is 19.0 Å². The lowest BCUT2D eigenvalue weighted by Gasteiger charge is -2.21. The van der Waals surface area contributed by atoms with Crippen LogP contribution in [0.1, 0.15) is 38.7 Å². The van der Waals surface area contributed by atoms with Gasteiger partial charge >= 0.3 is 6.09 Å². The highest BCUT2D eigenvalue weighted by atomic mass is 16.6. The number of methoxy groups -OCH3 is 2. The molecular weight excluding hydrogens is 284 g/mol. The normalized spacial score (nSPS) is 20.3. The van der Waals surface area contributed by atoms with E-state index in [1.165, 1.54) is 0 Å². The van der Waals surface area contributed by atoms with Gasteiger partial charge in [-0.3, -0.25) is 5.32 Å². The Morgan fingerprint density at radius 1 is 1.23 bits per heavy atom. The first-order valence-electron chi connectivity index (χ1n) is 7.26.